The maximum Gasteiger partial charge on any atom is 0.490 e. The van der Waals surface area contributed by atoms with Gasteiger partial charge < -0.3 is 24.1 Å². The number of anilines is 1. The van der Waals surface area contributed by atoms with Gasteiger partial charge in [-0.05, 0) is 93.9 Å². The van der Waals surface area contributed by atoms with Crippen molar-refractivity contribution in [3.05, 3.63) is 66.1 Å². The summed E-state index contributed by atoms with van der Waals surface area (Å²) in [6, 6.07) is 16.5. The predicted octanol–water partition coefficient (Wildman–Crippen LogP) is 7.24. The second-order valence-corrected chi connectivity index (χ2v) is 11.2. The number of hydrogen-bond acceptors (Lipinski definition) is 5. The van der Waals surface area contributed by atoms with E-state index in [1.807, 2.05) is 24.3 Å². The summed E-state index contributed by atoms with van der Waals surface area (Å²) >= 11 is 0. The molecule has 1 aliphatic heterocycles. The maximum atomic E-state index is 6.51. The first-order chi connectivity index (χ1) is 17.1. The Morgan fingerprint density at radius 2 is 1.36 bits per heavy atom. The molecule has 1 N–H and O–H groups in total. The monoisotopic (exact) mass is 491 g/mol. The van der Waals surface area contributed by atoms with E-state index in [1.165, 1.54) is 37.7 Å². The van der Waals surface area contributed by atoms with Gasteiger partial charge in [0.2, 0.25) is 0 Å². The summed E-state index contributed by atoms with van der Waals surface area (Å²) in [5.74, 6) is 2.31. The van der Waals surface area contributed by atoms with Crippen molar-refractivity contribution in [3.63, 3.8) is 0 Å². The number of rotatable bonds is 9. The summed E-state index contributed by atoms with van der Waals surface area (Å²) in [5, 5.41) is 3.86. The van der Waals surface area contributed by atoms with Crippen LogP contribution >= 0.6 is 0 Å². The smallest absolute Gasteiger partial charge is 0.490 e. The molecule has 0 spiro atoms. The molecule has 2 aromatic rings. The number of methoxy groups -OCH3 is 2. The lowest BCUT2D eigenvalue weighted by atomic mass is 9.61. The molecule has 1 heterocycles. The van der Waals surface area contributed by atoms with Gasteiger partial charge in [-0.15, -0.1) is 6.58 Å². The van der Waals surface area contributed by atoms with Crippen molar-refractivity contribution in [2.24, 2.45) is 11.8 Å². The third-order valence-corrected chi connectivity index (χ3v) is 8.39. The highest BCUT2D eigenvalue weighted by molar-refractivity contribution is 6.54. The fourth-order valence-corrected chi connectivity index (χ4v) is 5.49. The van der Waals surface area contributed by atoms with E-state index in [-0.39, 0.29) is 12.0 Å². The van der Waals surface area contributed by atoms with Gasteiger partial charge in [0, 0.05) is 11.6 Å². The van der Waals surface area contributed by atoms with Gasteiger partial charge >= 0.3 is 7.12 Å². The minimum atomic E-state index is -0.444. The van der Waals surface area contributed by atoms with Crippen LogP contribution in [0.1, 0.15) is 71.4 Å². The highest BCUT2D eigenvalue weighted by atomic mass is 16.7. The molecule has 5 nitrogen and oxygen atoms in total. The molecule has 4 rings (SSSR count). The fourth-order valence-electron chi connectivity index (χ4n) is 5.49. The molecule has 0 aromatic heterocycles. The van der Waals surface area contributed by atoms with Crippen molar-refractivity contribution in [1.82, 2.24) is 0 Å². The van der Waals surface area contributed by atoms with E-state index in [9.17, 15) is 0 Å². The molecule has 0 amide bonds. The van der Waals surface area contributed by atoms with Crippen molar-refractivity contribution in [2.45, 2.75) is 77.0 Å². The van der Waals surface area contributed by atoms with Crippen molar-refractivity contribution in [1.29, 1.82) is 0 Å². The van der Waals surface area contributed by atoms with Crippen LogP contribution in [-0.4, -0.2) is 32.5 Å². The first-order valence-corrected chi connectivity index (χ1v) is 13.2. The molecule has 2 aromatic carbocycles. The highest BCUT2D eigenvalue weighted by Crippen LogP contribution is 2.47. The van der Waals surface area contributed by atoms with Crippen LogP contribution in [0.5, 0.6) is 11.5 Å². The lowest BCUT2D eigenvalue weighted by Gasteiger charge is -2.39. The summed E-state index contributed by atoms with van der Waals surface area (Å²) < 4.78 is 23.9. The van der Waals surface area contributed by atoms with Gasteiger partial charge in [-0.1, -0.05) is 31.4 Å². The van der Waals surface area contributed by atoms with E-state index >= 15 is 0 Å². The Bertz CT molecular complexity index is 996. The van der Waals surface area contributed by atoms with E-state index < -0.39 is 18.3 Å². The molecule has 1 aliphatic carbocycles. The van der Waals surface area contributed by atoms with Gasteiger partial charge in [-0.3, -0.25) is 0 Å². The fraction of sp³-hybridized carbons (Fsp3) is 0.533. The van der Waals surface area contributed by atoms with E-state index in [2.05, 4.69) is 63.9 Å². The zero-order valence-corrected chi connectivity index (χ0v) is 22.8. The molecule has 2 aliphatic rings. The quantitative estimate of drug-likeness (QED) is 0.375. The average Bonchev–Trinajstić information content (AvgIpc) is 3.11. The molecular weight excluding hydrogens is 449 g/mol. The third-order valence-electron chi connectivity index (χ3n) is 8.39. The molecule has 194 valence electrons. The normalized spacial score (nSPS) is 21.0. The molecule has 0 bridgehead atoms. The SMILES string of the molecule is C=C(B1OC(C)(C)C(C)(C)O1)C(C1CCCCC1)C(Nc1ccc(OC)cc1)c1ccc(OC)cc1. The first kappa shape index (κ1) is 26.6. The van der Waals surface area contributed by atoms with Gasteiger partial charge in [0.25, 0.3) is 0 Å². The van der Waals surface area contributed by atoms with Crippen LogP contribution in [-0.2, 0) is 9.31 Å². The Kier molecular flexibility index (Phi) is 8.06. The summed E-state index contributed by atoms with van der Waals surface area (Å²) in [6.07, 6.45) is 6.15. The Morgan fingerprint density at radius 1 is 0.861 bits per heavy atom. The Balaban J connectivity index is 1.73. The second kappa shape index (κ2) is 10.9. The van der Waals surface area contributed by atoms with Crippen LogP contribution in [0.3, 0.4) is 0 Å². The number of ether oxygens (including phenoxy) is 2. The van der Waals surface area contributed by atoms with Gasteiger partial charge in [0.05, 0.1) is 31.5 Å². The van der Waals surface area contributed by atoms with Crippen LogP contribution in [0, 0.1) is 11.8 Å². The lowest BCUT2D eigenvalue weighted by molar-refractivity contribution is 0.00578. The maximum absolute atomic E-state index is 6.51. The number of hydrogen-bond donors (Lipinski definition) is 1. The molecular formula is C30H42BNO4. The molecule has 1 saturated heterocycles. The largest absolute Gasteiger partial charge is 0.497 e. The lowest BCUT2D eigenvalue weighted by Crippen LogP contribution is -2.41. The Labute approximate surface area is 217 Å². The highest BCUT2D eigenvalue weighted by Gasteiger charge is 2.54. The zero-order valence-electron chi connectivity index (χ0n) is 22.8. The second-order valence-electron chi connectivity index (χ2n) is 11.2. The zero-order chi connectivity index (χ0) is 25.9. The molecule has 2 unspecified atom stereocenters. The van der Waals surface area contributed by atoms with Crippen molar-refractivity contribution >= 4 is 12.8 Å². The molecule has 0 radical (unpaired) electrons. The van der Waals surface area contributed by atoms with Gasteiger partial charge in [-0.25, -0.2) is 0 Å². The Morgan fingerprint density at radius 3 is 1.86 bits per heavy atom. The van der Waals surface area contributed by atoms with E-state index in [0.29, 0.717) is 5.92 Å². The summed E-state index contributed by atoms with van der Waals surface area (Å²) in [6.45, 7) is 13.1. The molecule has 36 heavy (non-hydrogen) atoms. The predicted molar refractivity (Wildman–Crippen MR) is 148 cm³/mol. The van der Waals surface area contributed by atoms with Gasteiger partial charge in [-0.2, -0.15) is 0 Å². The van der Waals surface area contributed by atoms with E-state index in [4.69, 9.17) is 18.8 Å². The van der Waals surface area contributed by atoms with E-state index in [0.717, 1.165) is 22.7 Å². The van der Waals surface area contributed by atoms with E-state index in [1.54, 1.807) is 14.2 Å². The van der Waals surface area contributed by atoms with Crippen LogP contribution < -0.4 is 14.8 Å². The third kappa shape index (κ3) is 5.60. The van der Waals surface area contributed by atoms with Crippen molar-refractivity contribution < 1.29 is 18.8 Å². The molecule has 6 heteroatoms. The van der Waals surface area contributed by atoms with Crippen LogP contribution in [0.4, 0.5) is 5.69 Å². The van der Waals surface area contributed by atoms with Gasteiger partial charge in [0.15, 0.2) is 0 Å². The molecule has 1 saturated carbocycles. The average molecular weight is 491 g/mol. The summed E-state index contributed by atoms with van der Waals surface area (Å²) in [4.78, 5) is 0. The Hall–Kier alpha value is -2.44. The number of nitrogens with one attached hydrogen (secondary N) is 1. The molecule has 2 atom stereocenters. The first-order valence-electron chi connectivity index (χ1n) is 13.2. The van der Waals surface area contributed by atoms with Crippen molar-refractivity contribution in [3.8, 4) is 11.5 Å². The van der Waals surface area contributed by atoms with Crippen LogP contribution in [0.15, 0.2) is 60.6 Å². The van der Waals surface area contributed by atoms with Crippen LogP contribution in [0.25, 0.3) is 0 Å². The molecule has 2 fully saturated rings. The standard InChI is InChI=1S/C30H42BNO4/c1-21(31-35-29(2,3)30(4,5)36-31)27(22-11-9-8-10-12-22)28(23-13-17-25(33-6)18-14-23)32-24-15-19-26(34-7)20-16-24/h13-20,22,27-28,32H,1,8-12H2,2-7H3. The van der Waals surface area contributed by atoms with Gasteiger partial charge in [0.1, 0.15) is 11.5 Å². The minimum absolute atomic E-state index is 0.000995. The topological polar surface area (TPSA) is 49.0 Å². The van der Waals surface area contributed by atoms with Crippen molar-refractivity contribution in [2.75, 3.05) is 19.5 Å². The number of benzene rings is 2. The summed E-state index contributed by atoms with van der Waals surface area (Å²) in [7, 11) is 2.95. The summed E-state index contributed by atoms with van der Waals surface area (Å²) in [5.41, 5.74) is 2.44. The minimum Gasteiger partial charge on any atom is -0.497 e. The van der Waals surface area contributed by atoms with Crippen LogP contribution in [0.2, 0.25) is 0 Å².